The predicted octanol–water partition coefficient (Wildman–Crippen LogP) is 2.82. The Morgan fingerprint density at radius 3 is 2.69 bits per heavy atom. The van der Waals surface area contributed by atoms with Crippen molar-refractivity contribution < 1.29 is 5.11 Å². The third kappa shape index (κ3) is 2.90. The Balaban J connectivity index is 1.93. The molecule has 1 saturated carbocycles. The minimum atomic E-state index is -0.464. The molecule has 1 aliphatic carbocycles. The number of hydrogen-bond acceptors (Lipinski definition) is 5. The van der Waals surface area contributed by atoms with E-state index in [1.807, 2.05) is 6.92 Å². The number of anilines is 1. The molecule has 1 aliphatic rings. The summed E-state index contributed by atoms with van der Waals surface area (Å²) in [4.78, 5) is 4.19. The van der Waals surface area contributed by atoms with E-state index in [1.165, 1.54) is 17.8 Å². The zero-order valence-electron chi connectivity index (χ0n) is 9.53. The van der Waals surface area contributed by atoms with Gasteiger partial charge in [0.25, 0.3) is 0 Å². The Hall–Kier alpha value is -0.260. The Morgan fingerprint density at radius 2 is 2.12 bits per heavy atom. The van der Waals surface area contributed by atoms with Gasteiger partial charge in [-0.05, 0) is 19.8 Å². The van der Waals surface area contributed by atoms with Gasteiger partial charge in [0.05, 0.1) is 15.5 Å². The molecule has 0 unspecified atom stereocenters. The number of hydrogen-bond donors (Lipinski definition) is 2. The number of aryl methyl sites for hydroxylation is 1. The molecule has 1 aromatic heterocycles. The normalized spacial score (nSPS) is 19.9. The van der Waals surface area contributed by atoms with Gasteiger partial charge in [0.1, 0.15) is 0 Å². The average molecular weight is 258 g/mol. The fourth-order valence-electron chi connectivity index (χ4n) is 2.09. The van der Waals surface area contributed by atoms with Crippen LogP contribution in [0.25, 0.3) is 0 Å². The summed E-state index contributed by atoms with van der Waals surface area (Å²) in [5, 5.41) is 11.0. The molecule has 0 spiro atoms. The summed E-state index contributed by atoms with van der Waals surface area (Å²) in [6.07, 6.45) is 5.45. The van der Waals surface area contributed by atoms with Crippen LogP contribution in [0.4, 0.5) is 5.13 Å². The summed E-state index contributed by atoms with van der Waals surface area (Å²) in [6, 6.07) is 0. The van der Waals surface area contributed by atoms with E-state index in [1.54, 1.807) is 11.8 Å². The van der Waals surface area contributed by atoms with Gasteiger partial charge in [0.15, 0.2) is 5.13 Å². The highest BCUT2D eigenvalue weighted by Crippen LogP contribution is 2.37. The highest BCUT2D eigenvalue weighted by atomic mass is 32.2. The molecule has 90 valence electrons. The van der Waals surface area contributed by atoms with E-state index in [2.05, 4.69) is 4.98 Å². The van der Waals surface area contributed by atoms with Crippen molar-refractivity contribution in [3.8, 4) is 0 Å². The summed E-state index contributed by atoms with van der Waals surface area (Å²) in [5.74, 6) is 0.773. The van der Waals surface area contributed by atoms with Gasteiger partial charge in [-0.15, -0.1) is 11.8 Å². The average Bonchev–Trinajstić information content (AvgIpc) is 2.56. The Bertz CT molecular complexity index is 359. The topological polar surface area (TPSA) is 59.1 Å². The first-order valence-electron chi connectivity index (χ1n) is 5.67. The van der Waals surface area contributed by atoms with Crippen LogP contribution in [-0.2, 0) is 0 Å². The molecule has 16 heavy (non-hydrogen) atoms. The van der Waals surface area contributed by atoms with E-state index in [0.29, 0.717) is 5.13 Å². The molecular formula is C11H18N2OS2. The van der Waals surface area contributed by atoms with Crippen molar-refractivity contribution in [1.82, 2.24) is 4.98 Å². The molecule has 3 nitrogen and oxygen atoms in total. The molecule has 1 fully saturated rings. The molecule has 0 bridgehead atoms. The third-order valence-corrected chi connectivity index (χ3v) is 5.65. The first-order chi connectivity index (χ1) is 7.59. The number of thioether (sulfide) groups is 1. The molecule has 0 amide bonds. The molecule has 1 aromatic rings. The smallest absolute Gasteiger partial charge is 0.181 e. The van der Waals surface area contributed by atoms with Gasteiger partial charge in [-0.3, -0.25) is 0 Å². The van der Waals surface area contributed by atoms with Crippen LogP contribution in [0.5, 0.6) is 0 Å². The molecule has 3 N–H and O–H groups in total. The Kier molecular flexibility index (Phi) is 3.77. The lowest BCUT2D eigenvalue weighted by molar-refractivity contribution is 0.0273. The Morgan fingerprint density at radius 1 is 1.44 bits per heavy atom. The fraction of sp³-hybridized carbons (Fsp3) is 0.727. The van der Waals surface area contributed by atoms with Gasteiger partial charge in [-0.1, -0.05) is 30.6 Å². The first kappa shape index (κ1) is 12.2. The number of nitrogen functional groups attached to an aromatic ring is 1. The van der Waals surface area contributed by atoms with Crippen LogP contribution in [0.3, 0.4) is 0 Å². The molecule has 2 rings (SSSR count). The largest absolute Gasteiger partial charge is 0.389 e. The summed E-state index contributed by atoms with van der Waals surface area (Å²) < 4.78 is 1.15. The van der Waals surface area contributed by atoms with E-state index < -0.39 is 5.60 Å². The van der Waals surface area contributed by atoms with Crippen molar-refractivity contribution in [2.24, 2.45) is 0 Å². The molecular weight excluding hydrogens is 240 g/mol. The van der Waals surface area contributed by atoms with Crippen LogP contribution < -0.4 is 5.73 Å². The zero-order valence-corrected chi connectivity index (χ0v) is 11.2. The zero-order chi connectivity index (χ0) is 11.6. The first-order valence-corrected chi connectivity index (χ1v) is 7.47. The van der Waals surface area contributed by atoms with Crippen molar-refractivity contribution in [2.45, 2.75) is 48.8 Å². The van der Waals surface area contributed by atoms with Crippen LogP contribution in [-0.4, -0.2) is 21.4 Å². The number of aromatic nitrogens is 1. The number of thiazole rings is 1. The SMILES string of the molecule is Cc1nc(N)sc1SCC1(O)CCCCC1. The molecule has 5 heteroatoms. The van der Waals surface area contributed by atoms with Crippen LogP contribution in [0.2, 0.25) is 0 Å². The van der Waals surface area contributed by atoms with Crippen LogP contribution in [0.15, 0.2) is 4.21 Å². The van der Waals surface area contributed by atoms with Crippen LogP contribution in [0, 0.1) is 6.92 Å². The summed E-state index contributed by atoms with van der Waals surface area (Å²) in [6.45, 7) is 1.97. The highest BCUT2D eigenvalue weighted by Gasteiger charge is 2.29. The lowest BCUT2D eigenvalue weighted by Gasteiger charge is -2.31. The van der Waals surface area contributed by atoms with Crippen molar-refractivity contribution in [2.75, 3.05) is 11.5 Å². The van der Waals surface area contributed by atoms with E-state index in [-0.39, 0.29) is 0 Å². The van der Waals surface area contributed by atoms with Crippen molar-refractivity contribution in [3.05, 3.63) is 5.69 Å². The van der Waals surface area contributed by atoms with Gasteiger partial charge >= 0.3 is 0 Å². The molecule has 1 heterocycles. The maximum Gasteiger partial charge on any atom is 0.181 e. The lowest BCUT2D eigenvalue weighted by Crippen LogP contribution is -2.33. The minimum Gasteiger partial charge on any atom is -0.389 e. The van der Waals surface area contributed by atoms with Gasteiger partial charge in [0, 0.05) is 5.75 Å². The van der Waals surface area contributed by atoms with Gasteiger partial charge in [0.2, 0.25) is 0 Å². The highest BCUT2D eigenvalue weighted by molar-refractivity contribution is 8.01. The third-order valence-electron chi connectivity index (χ3n) is 3.03. The lowest BCUT2D eigenvalue weighted by atomic mass is 9.86. The minimum absolute atomic E-state index is 0.464. The molecule has 0 atom stereocenters. The molecule has 0 saturated heterocycles. The fourth-order valence-corrected chi connectivity index (χ4v) is 4.27. The molecule has 0 aromatic carbocycles. The van der Waals surface area contributed by atoms with Crippen LogP contribution in [0.1, 0.15) is 37.8 Å². The number of nitrogens with zero attached hydrogens (tertiary/aromatic N) is 1. The van der Waals surface area contributed by atoms with Gasteiger partial charge < -0.3 is 10.8 Å². The number of aliphatic hydroxyl groups is 1. The second-order valence-corrected chi connectivity index (χ2v) is 6.77. The quantitative estimate of drug-likeness (QED) is 0.819. The maximum atomic E-state index is 10.4. The van der Waals surface area contributed by atoms with Crippen molar-refractivity contribution in [1.29, 1.82) is 0 Å². The summed E-state index contributed by atoms with van der Waals surface area (Å²) in [5.41, 5.74) is 6.18. The van der Waals surface area contributed by atoms with E-state index in [0.717, 1.165) is 41.3 Å². The monoisotopic (exact) mass is 258 g/mol. The molecule has 0 radical (unpaired) electrons. The predicted molar refractivity (Wildman–Crippen MR) is 70.0 cm³/mol. The number of rotatable bonds is 3. The van der Waals surface area contributed by atoms with Gasteiger partial charge in [-0.2, -0.15) is 0 Å². The van der Waals surface area contributed by atoms with E-state index in [9.17, 15) is 5.11 Å². The van der Waals surface area contributed by atoms with E-state index >= 15 is 0 Å². The standard InChI is InChI=1S/C11H18N2OS2/c1-8-9(16-10(12)13-8)15-7-11(14)5-3-2-4-6-11/h14H,2-7H2,1H3,(H2,12,13). The number of nitrogens with two attached hydrogens (primary N) is 1. The maximum absolute atomic E-state index is 10.4. The van der Waals surface area contributed by atoms with Crippen molar-refractivity contribution in [3.63, 3.8) is 0 Å². The second-order valence-electron chi connectivity index (χ2n) is 4.50. The van der Waals surface area contributed by atoms with Crippen molar-refractivity contribution >= 4 is 28.2 Å². The van der Waals surface area contributed by atoms with Gasteiger partial charge in [-0.25, -0.2) is 4.98 Å². The second kappa shape index (κ2) is 4.94. The van der Waals surface area contributed by atoms with Crippen LogP contribution >= 0.6 is 23.1 Å². The summed E-state index contributed by atoms with van der Waals surface area (Å²) >= 11 is 3.22. The molecule has 0 aliphatic heterocycles. The van der Waals surface area contributed by atoms with E-state index in [4.69, 9.17) is 5.73 Å². The Labute approximate surface area is 104 Å². The summed E-state index contributed by atoms with van der Waals surface area (Å²) in [7, 11) is 0.